The quantitative estimate of drug-likeness (QED) is 0.644. The molecule has 24 heavy (non-hydrogen) atoms. The Morgan fingerprint density at radius 1 is 0.958 bits per heavy atom. The topological polar surface area (TPSA) is 52.6 Å². The molecule has 0 heterocycles. The van der Waals surface area contributed by atoms with Gasteiger partial charge in [0.05, 0.1) is 0 Å². The first kappa shape index (κ1) is 16.4. The fourth-order valence-electron chi connectivity index (χ4n) is 5.23. The summed E-state index contributed by atoms with van der Waals surface area (Å²) in [6, 6.07) is 9.47. The van der Waals surface area contributed by atoms with Crippen LogP contribution in [0.1, 0.15) is 45.4 Å². The molecule has 0 amide bonds. The van der Waals surface area contributed by atoms with Crippen LogP contribution >= 0.6 is 20.6 Å². The second kappa shape index (κ2) is 6.32. The van der Waals surface area contributed by atoms with E-state index in [1.165, 1.54) is 26.2 Å². The first-order chi connectivity index (χ1) is 11.5. The molecule has 5 heteroatoms. The Morgan fingerprint density at radius 2 is 1.50 bits per heavy atom. The second-order valence-corrected chi connectivity index (χ2v) is 11.0. The van der Waals surface area contributed by atoms with E-state index in [0.29, 0.717) is 17.8 Å². The zero-order valence-electron chi connectivity index (χ0n) is 13.9. The van der Waals surface area contributed by atoms with Gasteiger partial charge in [-0.1, -0.05) is 0 Å². The van der Waals surface area contributed by atoms with Crippen molar-refractivity contribution >= 4 is 32.6 Å². The molecule has 130 valence electrons. The van der Waals surface area contributed by atoms with Crippen LogP contribution in [0.25, 0.3) is 0 Å². The average Bonchev–Trinajstić information content (AvgIpc) is 2.53. The molecule has 0 spiro atoms. The number of carbonyl (C=O) groups is 2. The van der Waals surface area contributed by atoms with Gasteiger partial charge in [0.1, 0.15) is 0 Å². The van der Waals surface area contributed by atoms with Gasteiger partial charge in [0.25, 0.3) is 0 Å². The molecule has 4 saturated carbocycles. The predicted molar refractivity (Wildman–Crippen MR) is 97.6 cm³/mol. The van der Waals surface area contributed by atoms with E-state index in [1.54, 1.807) is 0 Å². The van der Waals surface area contributed by atoms with Crippen LogP contribution in [0.4, 0.5) is 0 Å². The number of carbonyl (C=O) groups excluding carboxylic acids is 2. The van der Waals surface area contributed by atoms with Crippen LogP contribution in [0.3, 0.4) is 0 Å². The van der Waals surface area contributed by atoms with E-state index >= 15 is 0 Å². The summed E-state index contributed by atoms with van der Waals surface area (Å²) in [5.41, 5.74) is -0.306. The normalized spacial score (nSPS) is 33.9. The first-order valence-electron chi connectivity index (χ1n) is 8.71. The molecule has 0 aromatic heterocycles. The van der Waals surface area contributed by atoms with Crippen molar-refractivity contribution in [2.45, 2.75) is 45.4 Å². The molecule has 0 radical (unpaired) electrons. The van der Waals surface area contributed by atoms with Crippen LogP contribution in [-0.2, 0) is 15.7 Å². The third-order valence-corrected chi connectivity index (χ3v) is 9.26. The summed E-state index contributed by atoms with van der Waals surface area (Å²) in [6.45, 7) is 1.38. The molecular formula is C19H23IO4. The van der Waals surface area contributed by atoms with Crippen molar-refractivity contribution in [3.63, 3.8) is 0 Å². The Kier molecular flexibility index (Phi) is 4.31. The van der Waals surface area contributed by atoms with Gasteiger partial charge < -0.3 is 0 Å². The number of rotatable bonds is 4. The predicted octanol–water partition coefficient (Wildman–Crippen LogP) is 4.52. The second-order valence-electron chi connectivity index (χ2n) is 7.64. The van der Waals surface area contributed by atoms with Crippen molar-refractivity contribution in [3.8, 4) is 0 Å². The van der Waals surface area contributed by atoms with Gasteiger partial charge in [-0.2, -0.15) is 0 Å². The van der Waals surface area contributed by atoms with E-state index in [9.17, 15) is 9.59 Å². The van der Waals surface area contributed by atoms with Crippen molar-refractivity contribution in [1.82, 2.24) is 0 Å². The van der Waals surface area contributed by atoms with Gasteiger partial charge in [-0.15, -0.1) is 0 Å². The SMILES string of the molecule is CC(=O)OI(OC(=O)C12CC3CC(CC(C3)C1)C2)c1ccccc1. The fraction of sp³-hybridized carbons (Fsp3) is 0.579. The van der Waals surface area contributed by atoms with Crippen molar-refractivity contribution in [2.24, 2.45) is 23.2 Å². The van der Waals surface area contributed by atoms with Crippen LogP contribution in [0.15, 0.2) is 30.3 Å². The van der Waals surface area contributed by atoms with Crippen LogP contribution in [-0.4, -0.2) is 11.9 Å². The minimum atomic E-state index is -2.74. The van der Waals surface area contributed by atoms with Gasteiger partial charge in [-0.25, -0.2) is 0 Å². The van der Waals surface area contributed by atoms with E-state index in [1.807, 2.05) is 30.3 Å². The zero-order valence-corrected chi connectivity index (χ0v) is 16.0. The van der Waals surface area contributed by atoms with Gasteiger partial charge in [-0.05, 0) is 0 Å². The molecule has 0 atom stereocenters. The van der Waals surface area contributed by atoms with Gasteiger partial charge in [0, 0.05) is 0 Å². The molecule has 4 aliphatic carbocycles. The van der Waals surface area contributed by atoms with E-state index in [2.05, 4.69) is 0 Å². The summed E-state index contributed by atoms with van der Waals surface area (Å²) >= 11 is -2.74. The van der Waals surface area contributed by atoms with Crippen molar-refractivity contribution in [2.75, 3.05) is 0 Å². The number of hydrogen-bond donors (Lipinski definition) is 0. The minimum absolute atomic E-state index is 0.100. The third-order valence-electron chi connectivity index (χ3n) is 5.70. The first-order valence-corrected chi connectivity index (χ1v) is 11.6. The standard InChI is InChI=1S/C19H23IO4/c1-13(21)23-20(17-5-3-2-4-6-17)24-18(22)19-10-14-7-15(11-19)9-16(8-14)12-19/h2-6,14-16H,7-12H2,1H3. The van der Waals surface area contributed by atoms with E-state index < -0.39 is 20.6 Å². The molecule has 1 aromatic carbocycles. The maximum atomic E-state index is 13.1. The monoisotopic (exact) mass is 442 g/mol. The summed E-state index contributed by atoms with van der Waals surface area (Å²) in [5.74, 6) is 1.60. The number of halogens is 1. The molecule has 0 N–H and O–H groups in total. The Labute approximate surface area is 150 Å². The summed E-state index contributed by atoms with van der Waals surface area (Å²) < 4.78 is 12.2. The third kappa shape index (κ3) is 3.07. The Morgan fingerprint density at radius 3 is 2.00 bits per heavy atom. The van der Waals surface area contributed by atoms with Crippen molar-refractivity contribution < 1.29 is 15.7 Å². The summed E-state index contributed by atoms with van der Waals surface area (Å²) in [6.07, 6.45) is 6.77. The maximum absolute atomic E-state index is 13.1. The average molecular weight is 442 g/mol. The summed E-state index contributed by atoms with van der Waals surface area (Å²) in [7, 11) is 0. The molecule has 0 aliphatic heterocycles. The van der Waals surface area contributed by atoms with Crippen LogP contribution in [0, 0.1) is 26.7 Å². The van der Waals surface area contributed by atoms with E-state index in [4.69, 9.17) is 6.13 Å². The van der Waals surface area contributed by atoms with E-state index in [0.717, 1.165) is 22.8 Å². The number of hydrogen-bond acceptors (Lipinski definition) is 4. The molecule has 4 aliphatic rings. The zero-order chi connectivity index (χ0) is 16.7. The van der Waals surface area contributed by atoms with Crippen molar-refractivity contribution in [3.05, 3.63) is 33.9 Å². The molecule has 4 fully saturated rings. The summed E-state index contributed by atoms with van der Waals surface area (Å²) in [4.78, 5) is 24.6. The van der Waals surface area contributed by atoms with Crippen LogP contribution < -0.4 is 0 Å². The molecule has 4 bridgehead atoms. The Balaban J connectivity index is 1.54. The molecule has 0 saturated heterocycles. The van der Waals surface area contributed by atoms with E-state index in [-0.39, 0.29) is 17.4 Å². The van der Waals surface area contributed by atoms with Crippen LogP contribution in [0.5, 0.6) is 0 Å². The molecule has 4 nitrogen and oxygen atoms in total. The van der Waals surface area contributed by atoms with Crippen LogP contribution in [0.2, 0.25) is 0 Å². The molecule has 5 rings (SSSR count). The van der Waals surface area contributed by atoms with Crippen molar-refractivity contribution in [1.29, 1.82) is 0 Å². The Bertz CT molecular complexity index is 607. The molecule has 1 aromatic rings. The molecular weight excluding hydrogens is 419 g/mol. The molecule has 0 unspecified atom stereocenters. The summed E-state index contributed by atoms with van der Waals surface area (Å²) in [5, 5.41) is 0. The van der Waals surface area contributed by atoms with Gasteiger partial charge in [0.2, 0.25) is 0 Å². The number of benzene rings is 1. The van der Waals surface area contributed by atoms with Gasteiger partial charge >= 0.3 is 151 Å². The Hall–Kier alpha value is -1.11. The van der Waals surface area contributed by atoms with Gasteiger partial charge in [0.15, 0.2) is 0 Å². The fourth-order valence-corrected chi connectivity index (χ4v) is 8.22. The van der Waals surface area contributed by atoms with Gasteiger partial charge in [-0.3, -0.25) is 0 Å².